The molecule has 1 aliphatic heterocycles. The first-order valence-corrected chi connectivity index (χ1v) is 15.7. The molecule has 1 aliphatic carbocycles. The molecule has 2 unspecified atom stereocenters. The van der Waals surface area contributed by atoms with Gasteiger partial charge in [-0.05, 0) is 97.8 Å². The Hall–Kier alpha value is -4.28. The highest BCUT2D eigenvalue weighted by Gasteiger charge is 2.56. The number of carbonyl (C=O) groups is 1. The number of ketones is 1. The number of likely N-dealkylation sites (tertiary alicyclic amines) is 1. The van der Waals surface area contributed by atoms with Crippen molar-refractivity contribution in [2.24, 2.45) is 0 Å². The summed E-state index contributed by atoms with van der Waals surface area (Å²) in [5, 5.41) is 11.5. The molecule has 4 aromatic rings. The van der Waals surface area contributed by atoms with Gasteiger partial charge in [0.15, 0.2) is 17.3 Å². The van der Waals surface area contributed by atoms with Crippen LogP contribution in [0, 0.1) is 12.7 Å². The van der Waals surface area contributed by atoms with Crippen LogP contribution in [-0.2, 0) is 12.1 Å². The summed E-state index contributed by atoms with van der Waals surface area (Å²) in [5.74, 6) is -0.280. The summed E-state index contributed by atoms with van der Waals surface area (Å²) >= 11 is 0. The molecule has 47 heavy (non-hydrogen) atoms. The number of aliphatic hydroxyl groups is 1. The molecule has 0 radical (unpaired) electrons. The molecule has 2 atom stereocenters. The van der Waals surface area contributed by atoms with Gasteiger partial charge in [-0.15, -0.1) is 0 Å². The van der Waals surface area contributed by atoms with E-state index >= 15 is 0 Å². The number of hydrogen-bond acceptors (Lipinski definition) is 6. The van der Waals surface area contributed by atoms with Crippen LogP contribution >= 0.6 is 0 Å². The minimum absolute atomic E-state index is 0.0876. The third-order valence-electron chi connectivity index (χ3n) is 8.96. The average molecular weight is 649 g/mol. The molecule has 2 heterocycles. The molecule has 246 valence electrons. The minimum Gasteiger partial charge on any atom is -0.493 e. The fourth-order valence-electron chi connectivity index (χ4n) is 5.89. The highest BCUT2D eigenvalue weighted by atomic mass is 19.4. The molecule has 1 saturated carbocycles. The molecular formula is C37H36F4N2O4. The second-order valence-electron chi connectivity index (χ2n) is 12.4. The van der Waals surface area contributed by atoms with E-state index in [1.807, 2.05) is 30.3 Å². The highest BCUT2D eigenvalue weighted by molar-refractivity contribution is 5.96. The van der Waals surface area contributed by atoms with Gasteiger partial charge in [0.05, 0.1) is 24.6 Å². The van der Waals surface area contributed by atoms with Crippen LogP contribution in [0.15, 0.2) is 78.9 Å². The van der Waals surface area contributed by atoms with Crippen LogP contribution in [0.3, 0.4) is 0 Å². The van der Waals surface area contributed by atoms with E-state index < -0.39 is 41.9 Å². The van der Waals surface area contributed by atoms with E-state index in [2.05, 4.69) is 9.88 Å². The summed E-state index contributed by atoms with van der Waals surface area (Å²) in [7, 11) is 1.42. The Morgan fingerprint density at radius 1 is 0.979 bits per heavy atom. The number of hydrogen-bond donors (Lipinski definition) is 1. The lowest BCUT2D eigenvalue weighted by Gasteiger charge is -2.42. The summed E-state index contributed by atoms with van der Waals surface area (Å²) < 4.78 is 70.0. The van der Waals surface area contributed by atoms with Crippen molar-refractivity contribution in [3.8, 4) is 22.8 Å². The number of Topliss-reactive ketones (excluding diaryl/α,β-unsaturated/α-hetero) is 1. The molecule has 1 N–H and O–H groups in total. The molecule has 2 aliphatic rings. The second-order valence-corrected chi connectivity index (χ2v) is 12.4. The van der Waals surface area contributed by atoms with Crippen molar-refractivity contribution in [2.45, 2.75) is 69.5 Å². The lowest BCUT2D eigenvalue weighted by Crippen LogP contribution is -2.44. The van der Waals surface area contributed by atoms with E-state index in [4.69, 9.17) is 9.47 Å². The van der Waals surface area contributed by atoms with Gasteiger partial charge in [-0.2, -0.15) is 13.2 Å². The number of nitrogens with zero attached hydrogens (tertiary/aromatic N) is 2. The van der Waals surface area contributed by atoms with Gasteiger partial charge in [0.2, 0.25) is 5.60 Å². The van der Waals surface area contributed by atoms with Crippen LogP contribution in [0.5, 0.6) is 11.5 Å². The summed E-state index contributed by atoms with van der Waals surface area (Å²) in [6.45, 7) is 2.91. The number of aromatic nitrogens is 1. The van der Waals surface area contributed by atoms with E-state index in [1.165, 1.54) is 43.5 Å². The average Bonchev–Trinajstić information content (AvgIpc) is 3.87. The van der Waals surface area contributed by atoms with Crippen molar-refractivity contribution in [1.29, 1.82) is 0 Å². The number of alkyl halides is 3. The first kappa shape index (κ1) is 32.7. The second kappa shape index (κ2) is 13.1. The molecule has 0 amide bonds. The molecule has 6 rings (SSSR count). The monoisotopic (exact) mass is 648 g/mol. The number of rotatable bonds is 12. The Morgan fingerprint density at radius 3 is 2.38 bits per heavy atom. The summed E-state index contributed by atoms with van der Waals surface area (Å²) in [6.07, 6.45) is -4.09. The molecule has 3 aromatic carbocycles. The number of carbonyl (C=O) groups excluding carboxylic acids is 1. The summed E-state index contributed by atoms with van der Waals surface area (Å²) in [4.78, 5) is 19.7. The van der Waals surface area contributed by atoms with Gasteiger partial charge in [0.25, 0.3) is 0 Å². The van der Waals surface area contributed by atoms with Crippen molar-refractivity contribution >= 4 is 5.78 Å². The lowest BCUT2D eigenvalue weighted by molar-refractivity contribution is -0.270. The number of aryl methyl sites for hydroxylation is 1. The van der Waals surface area contributed by atoms with E-state index in [9.17, 15) is 27.5 Å². The maximum absolute atomic E-state index is 14.9. The smallest absolute Gasteiger partial charge is 0.422 e. The first-order chi connectivity index (χ1) is 22.4. The van der Waals surface area contributed by atoms with Crippen LogP contribution in [0.2, 0.25) is 0 Å². The number of ether oxygens (including phenoxy) is 2. The van der Waals surface area contributed by atoms with Gasteiger partial charge in [-0.1, -0.05) is 30.3 Å². The Morgan fingerprint density at radius 2 is 1.74 bits per heavy atom. The van der Waals surface area contributed by atoms with Gasteiger partial charge in [-0.25, -0.2) is 9.37 Å². The zero-order valence-electron chi connectivity index (χ0n) is 26.2. The Bertz CT molecular complexity index is 1760. The molecule has 2 fully saturated rings. The van der Waals surface area contributed by atoms with Crippen LogP contribution in [0.4, 0.5) is 17.6 Å². The Labute approximate surface area is 271 Å². The van der Waals surface area contributed by atoms with Crippen LogP contribution in [-0.4, -0.2) is 46.7 Å². The fraction of sp³-hybridized carbons (Fsp3) is 0.351. The van der Waals surface area contributed by atoms with Crippen molar-refractivity contribution < 1.29 is 36.9 Å². The molecule has 10 heteroatoms. The third-order valence-corrected chi connectivity index (χ3v) is 8.96. The SMILES string of the molecule is COc1cc(C(=O)CCC(O)(c2cc(C3CCN3Cc3ccccc3)cc(-c3ccc(F)c(C)c3)n2)C(F)(F)F)ccc1OC1CC1. The standard InChI is InChI=1S/C37H36F4N2O4/c1-23-18-25(8-12-29(23)38)30-19-27(31-15-17-43(31)22-24-6-4-3-5-7-24)21-35(42-30)36(45,37(39,40)41)16-14-32(44)26-9-13-33(34(20-26)46-2)47-28-10-11-28/h3-9,12-13,18-21,28,31,45H,10-11,14-17,22H2,1-2H3. The fourth-order valence-corrected chi connectivity index (χ4v) is 5.89. The molecule has 1 aromatic heterocycles. The van der Waals surface area contributed by atoms with Gasteiger partial charge in [-0.3, -0.25) is 9.69 Å². The van der Waals surface area contributed by atoms with Crippen molar-refractivity contribution in [3.63, 3.8) is 0 Å². The topological polar surface area (TPSA) is 71.9 Å². The van der Waals surface area contributed by atoms with Crippen molar-refractivity contribution in [1.82, 2.24) is 9.88 Å². The van der Waals surface area contributed by atoms with E-state index in [0.29, 0.717) is 41.2 Å². The predicted octanol–water partition coefficient (Wildman–Crippen LogP) is 8.11. The van der Waals surface area contributed by atoms with Crippen molar-refractivity contribution in [2.75, 3.05) is 13.7 Å². The largest absolute Gasteiger partial charge is 0.493 e. The number of benzene rings is 3. The van der Waals surface area contributed by atoms with Gasteiger partial charge >= 0.3 is 6.18 Å². The quantitative estimate of drug-likeness (QED) is 0.124. The minimum atomic E-state index is -5.15. The Balaban J connectivity index is 1.33. The summed E-state index contributed by atoms with van der Waals surface area (Å²) in [6, 6.07) is 21.3. The summed E-state index contributed by atoms with van der Waals surface area (Å²) in [5.41, 5.74) is -1.37. The van der Waals surface area contributed by atoms with Crippen LogP contribution < -0.4 is 9.47 Å². The first-order valence-electron chi connectivity index (χ1n) is 15.7. The number of halogens is 4. The van der Waals surface area contributed by atoms with Crippen LogP contribution in [0.1, 0.15) is 70.9 Å². The van der Waals surface area contributed by atoms with E-state index in [0.717, 1.165) is 24.9 Å². The number of methoxy groups -OCH3 is 1. The predicted molar refractivity (Wildman–Crippen MR) is 169 cm³/mol. The molecule has 0 bridgehead atoms. The lowest BCUT2D eigenvalue weighted by atomic mass is 9.86. The molecule has 6 nitrogen and oxygen atoms in total. The zero-order valence-corrected chi connectivity index (χ0v) is 26.2. The highest BCUT2D eigenvalue weighted by Crippen LogP contribution is 2.45. The molecule has 0 spiro atoms. The van der Waals surface area contributed by atoms with E-state index in [-0.39, 0.29) is 23.4 Å². The maximum Gasteiger partial charge on any atom is 0.422 e. The van der Waals surface area contributed by atoms with Crippen LogP contribution in [0.25, 0.3) is 11.3 Å². The normalized spacial score (nSPS) is 17.9. The van der Waals surface area contributed by atoms with Gasteiger partial charge in [0, 0.05) is 36.7 Å². The molecular weight excluding hydrogens is 612 g/mol. The van der Waals surface area contributed by atoms with Gasteiger partial charge < -0.3 is 14.6 Å². The van der Waals surface area contributed by atoms with Crippen molar-refractivity contribution in [3.05, 3.63) is 113 Å². The maximum atomic E-state index is 14.9. The Kier molecular flexibility index (Phi) is 9.09. The molecule has 1 saturated heterocycles. The van der Waals surface area contributed by atoms with E-state index in [1.54, 1.807) is 19.1 Å². The van der Waals surface area contributed by atoms with Gasteiger partial charge in [0.1, 0.15) is 5.82 Å². The number of pyridine rings is 1. The third kappa shape index (κ3) is 7.04. The zero-order chi connectivity index (χ0) is 33.3.